The number of hydrogen-bond acceptors (Lipinski definition) is 3. The van der Waals surface area contributed by atoms with Crippen molar-refractivity contribution in [3.63, 3.8) is 0 Å². The molecule has 0 aliphatic heterocycles. The molecule has 0 spiro atoms. The Kier molecular flexibility index (Phi) is 5.97. The van der Waals surface area contributed by atoms with Gasteiger partial charge in [0.1, 0.15) is 18.1 Å². The molecule has 0 aliphatic carbocycles. The molecule has 140 valence electrons. The Morgan fingerprint density at radius 1 is 1.04 bits per heavy atom. The Balaban J connectivity index is 1.77. The molecule has 1 atom stereocenters. The summed E-state index contributed by atoms with van der Waals surface area (Å²) in [6, 6.07) is 19.7. The molecule has 3 aromatic rings. The average Bonchev–Trinajstić information content (AvgIpc) is 2.71. The number of rotatable bonds is 7. The highest BCUT2D eigenvalue weighted by atomic mass is 16.5. The highest BCUT2D eigenvalue weighted by Crippen LogP contribution is 2.25. The first-order valence-electron chi connectivity index (χ1n) is 9.20. The second-order valence-electron chi connectivity index (χ2n) is 6.61. The third-order valence-corrected chi connectivity index (χ3v) is 4.65. The van der Waals surface area contributed by atoms with E-state index in [1.807, 2.05) is 56.3 Å². The van der Waals surface area contributed by atoms with E-state index in [1.54, 1.807) is 13.2 Å². The van der Waals surface area contributed by atoms with E-state index in [4.69, 9.17) is 9.47 Å². The lowest BCUT2D eigenvalue weighted by molar-refractivity contribution is 0.0939. The molecule has 0 unspecified atom stereocenters. The minimum Gasteiger partial charge on any atom is -0.496 e. The van der Waals surface area contributed by atoms with Gasteiger partial charge in [0.05, 0.1) is 7.11 Å². The molecule has 3 rings (SSSR count). The molecule has 27 heavy (non-hydrogen) atoms. The summed E-state index contributed by atoms with van der Waals surface area (Å²) in [4.78, 5) is 12.4. The van der Waals surface area contributed by atoms with E-state index < -0.39 is 0 Å². The number of benzene rings is 3. The number of amides is 1. The maximum atomic E-state index is 12.4. The summed E-state index contributed by atoms with van der Waals surface area (Å²) in [5, 5.41) is 5.28. The second kappa shape index (κ2) is 8.58. The van der Waals surface area contributed by atoms with Gasteiger partial charge in [-0.3, -0.25) is 4.79 Å². The normalized spacial score (nSPS) is 11.8. The van der Waals surface area contributed by atoms with E-state index in [0.29, 0.717) is 17.9 Å². The highest BCUT2D eigenvalue weighted by molar-refractivity contribution is 5.94. The summed E-state index contributed by atoms with van der Waals surface area (Å²) >= 11 is 0. The van der Waals surface area contributed by atoms with Crippen molar-refractivity contribution in [3.05, 3.63) is 71.8 Å². The molecule has 0 saturated carbocycles. The van der Waals surface area contributed by atoms with Gasteiger partial charge in [-0.1, -0.05) is 37.3 Å². The van der Waals surface area contributed by atoms with Gasteiger partial charge in [0, 0.05) is 17.2 Å². The summed E-state index contributed by atoms with van der Waals surface area (Å²) in [6.07, 6.45) is 0.889. The van der Waals surface area contributed by atoms with E-state index >= 15 is 0 Å². The van der Waals surface area contributed by atoms with Gasteiger partial charge in [-0.2, -0.15) is 0 Å². The summed E-state index contributed by atoms with van der Waals surface area (Å²) in [6.45, 7) is 4.36. The predicted molar refractivity (Wildman–Crippen MR) is 108 cm³/mol. The zero-order valence-corrected chi connectivity index (χ0v) is 16.0. The molecule has 4 heteroatoms. The van der Waals surface area contributed by atoms with Crippen LogP contribution in [0, 0.1) is 0 Å². The number of ether oxygens (including phenoxy) is 2. The third-order valence-electron chi connectivity index (χ3n) is 4.65. The maximum absolute atomic E-state index is 12.4. The van der Waals surface area contributed by atoms with E-state index in [-0.39, 0.29) is 11.9 Å². The summed E-state index contributed by atoms with van der Waals surface area (Å²) in [7, 11) is 1.62. The zero-order chi connectivity index (χ0) is 19.2. The van der Waals surface area contributed by atoms with Gasteiger partial charge in [-0.05, 0) is 54.4 Å². The van der Waals surface area contributed by atoms with Crippen molar-refractivity contribution >= 4 is 16.7 Å². The Morgan fingerprint density at radius 3 is 2.56 bits per heavy atom. The minimum atomic E-state index is -0.0843. The second-order valence-corrected chi connectivity index (χ2v) is 6.61. The Bertz CT molecular complexity index is 936. The van der Waals surface area contributed by atoms with Crippen LogP contribution in [0.3, 0.4) is 0 Å². The molecule has 1 N–H and O–H groups in total. The minimum absolute atomic E-state index is 0.0843. The van der Waals surface area contributed by atoms with Gasteiger partial charge in [-0.25, -0.2) is 0 Å². The summed E-state index contributed by atoms with van der Waals surface area (Å²) < 4.78 is 11.4. The van der Waals surface area contributed by atoms with E-state index in [0.717, 1.165) is 23.1 Å². The first-order chi connectivity index (χ1) is 13.1. The fourth-order valence-corrected chi connectivity index (χ4v) is 2.86. The summed E-state index contributed by atoms with van der Waals surface area (Å²) in [5.41, 5.74) is 1.44. The smallest absolute Gasteiger partial charge is 0.251 e. The van der Waals surface area contributed by atoms with Crippen LogP contribution in [0.1, 0.15) is 36.2 Å². The molecule has 0 heterocycles. The molecule has 0 bridgehead atoms. The molecule has 0 aromatic heterocycles. The number of nitrogens with one attached hydrogen (secondary N) is 1. The Hall–Kier alpha value is -3.01. The molecule has 4 nitrogen and oxygen atoms in total. The van der Waals surface area contributed by atoms with Crippen LogP contribution in [-0.2, 0) is 6.61 Å². The zero-order valence-electron chi connectivity index (χ0n) is 16.0. The van der Waals surface area contributed by atoms with Crippen molar-refractivity contribution < 1.29 is 14.3 Å². The Morgan fingerprint density at radius 2 is 1.81 bits per heavy atom. The van der Waals surface area contributed by atoms with Gasteiger partial charge >= 0.3 is 0 Å². The SMILES string of the molecule is CC[C@H](C)NC(=O)c1ccc(OC)c(COc2ccc3ccccc3c2)c1. The monoisotopic (exact) mass is 363 g/mol. The van der Waals surface area contributed by atoms with Crippen LogP contribution >= 0.6 is 0 Å². The van der Waals surface area contributed by atoms with Gasteiger partial charge < -0.3 is 14.8 Å². The number of carbonyl (C=O) groups is 1. The first-order valence-corrected chi connectivity index (χ1v) is 9.20. The number of hydrogen-bond donors (Lipinski definition) is 1. The molecule has 1 amide bonds. The lowest BCUT2D eigenvalue weighted by Gasteiger charge is -2.14. The molecule has 0 fully saturated rings. The van der Waals surface area contributed by atoms with Crippen LogP contribution < -0.4 is 14.8 Å². The predicted octanol–water partition coefficient (Wildman–Crippen LogP) is 4.96. The molecule has 0 saturated heterocycles. The fourth-order valence-electron chi connectivity index (χ4n) is 2.86. The van der Waals surface area contributed by atoms with Crippen LogP contribution in [0.25, 0.3) is 10.8 Å². The van der Waals surface area contributed by atoms with Crippen molar-refractivity contribution in [1.29, 1.82) is 0 Å². The lowest BCUT2D eigenvalue weighted by Crippen LogP contribution is -2.31. The van der Waals surface area contributed by atoms with Gasteiger partial charge in [0.2, 0.25) is 0 Å². The summed E-state index contributed by atoms with van der Waals surface area (Å²) in [5.74, 6) is 1.40. The fraction of sp³-hybridized carbons (Fsp3) is 0.261. The van der Waals surface area contributed by atoms with Gasteiger partial charge in [-0.15, -0.1) is 0 Å². The van der Waals surface area contributed by atoms with Crippen molar-refractivity contribution in [1.82, 2.24) is 5.32 Å². The van der Waals surface area contributed by atoms with Crippen LogP contribution in [0.15, 0.2) is 60.7 Å². The van der Waals surface area contributed by atoms with Crippen molar-refractivity contribution in [3.8, 4) is 11.5 Å². The van der Waals surface area contributed by atoms with E-state index in [2.05, 4.69) is 17.4 Å². The van der Waals surface area contributed by atoms with Crippen molar-refractivity contribution in [2.75, 3.05) is 7.11 Å². The molecular formula is C23H25NO3. The highest BCUT2D eigenvalue weighted by Gasteiger charge is 2.12. The maximum Gasteiger partial charge on any atom is 0.251 e. The van der Waals surface area contributed by atoms with E-state index in [9.17, 15) is 4.79 Å². The standard InChI is InChI=1S/C23H25NO3/c1-4-16(2)24-23(25)19-10-12-22(26-3)20(13-19)15-27-21-11-9-17-7-5-6-8-18(17)14-21/h5-14,16H,4,15H2,1-3H3,(H,24,25)/t16-/m0/s1. The number of carbonyl (C=O) groups excluding carboxylic acids is 1. The molecule has 0 radical (unpaired) electrons. The van der Waals surface area contributed by atoms with E-state index in [1.165, 1.54) is 5.39 Å². The van der Waals surface area contributed by atoms with Gasteiger partial charge in [0.25, 0.3) is 5.91 Å². The molecular weight excluding hydrogens is 338 g/mol. The number of fused-ring (bicyclic) bond motifs is 1. The van der Waals surface area contributed by atoms with Crippen molar-refractivity contribution in [2.45, 2.75) is 32.9 Å². The molecule has 3 aromatic carbocycles. The van der Waals surface area contributed by atoms with Crippen LogP contribution in [0.5, 0.6) is 11.5 Å². The van der Waals surface area contributed by atoms with Gasteiger partial charge in [0.15, 0.2) is 0 Å². The topological polar surface area (TPSA) is 47.6 Å². The first kappa shape index (κ1) is 18.8. The Labute approximate surface area is 160 Å². The molecule has 0 aliphatic rings. The lowest BCUT2D eigenvalue weighted by atomic mass is 10.1. The van der Waals surface area contributed by atoms with Crippen LogP contribution in [0.2, 0.25) is 0 Å². The number of methoxy groups -OCH3 is 1. The average molecular weight is 363 g/mol. The third kappa shape index (κ3) is 4.59. The van der Waals surface area contributed by atoms with Crippen molar-refractivity contribution in [2.24, 2.45) is 0 Å². The van der Waals surface area contributed by atoms with Crippen LogP contribution in [-0.4, -0.2) is 19.1 Å². The van der Waals surface area contributed by atoms with Crippen LogP contribution in [0.4, 0.5) is 0 Å². The largest absolute Gasteiger partial charge is 0.496 e. The quantitative estimate of drug-likeness (QED) is 0.646.